The Labute approximate surface area is 108 Å². The molecule has 1 N–H and O–H groups in total. The first kappa shape index (κ1) is 13.6. The minimum atomic E-state index is -1.08. The highest BCUT2D eigenvalue weighted by Crippen LogP contribution is 2.11. The molecule has 92 valence electrons. The topological polar surface area (TPSA) is 68.3 Å². The fourth-order valence-corrected chi connectivity index (χ4v) is 1.56. The minimum Gasteiger partial charge on any atom is -0.467 e. The van der Waals surface area contributed by atoms with E-state index in [4.69, 9.17) is 0 Å². The Balaban J connectivity index is 2.83. The Kier molecular flexibility index (Phi) is 4.22. The Morgan fingerprint density at radius 1 is 1.41 bits per heavy atom. The molecular formula is C11H13BrN2O3. The second kappa shape index (κ2) is 5.27. The first-order chi connectivity index (χ1) is 7.86. The lowest BCUT2D eigenvalue weighted by atomic mass is 10.1. The summed E-state index contributed by atoms with van der Waals surface area (Å²) >= 11 is 3.22. The van der Waals surface area contributed by atoms with E-state index in [0.29, 0.717) is 10.0 Å². The van der Waals surface area contributed by atoms with Gasteiger partial charge in [-0.2, -0.15) is 0 Å². The Morgan fingerprint density at radius 3 is 2.59 bits per heavy atom. The van der Waals surface area contributed by atoms with Gasteiger partial charge in [-0.15, -0.1) is 0 Å². The molecule has 1 heterocycles. The molecule has 0 fully saturated rings. The van der Waals surface area contributed by atoms with Crippen molar-refractivity contribution >= 4 is 27.8 Å². The molecular weight excluding hydrogens is 288 g/mol. The molecule has 1 amide bonds. The van der Waals surface area contributed by atoms with Crippen LogP contribution in [0.2, 0.25) is 0 Å². The maximum Gasteiger partial charge on any atom is 0.330 e. The lowest BCUT2D eigenvalue weighted by Gasteiger charge is -2.22. The maximum atomic E-state index is 11.9. The predicted molar refractivity (Wildman–Crippen MR) is 65.5 cm³/mol. The fourth-order valence-electron chi connectivity index (χ4n) is 1.20. The molecule has 0 spiro atoms. The number of halogens is 1. The molecule has 0 radical (unpaired) electrons. The van der Waals surface area contributed by atoms with Crippen LogP contribution in [0.15, 0.2) is 22.9 Å². The van der Waals surface area contributed by atoms with Crippen molar-refractivity contribution in [3.05, 3.63) is 28.5 Å². The van der Waals surface area contributed by atoms with Crippen molar-refractivity contribution in [2.75, 3.05) is 7.11 Å². The summed E-state index contributed by atoms with van der Waals surface area (Å²) in [5.41, 5.74) is -0.704. The minimum absolute atomic E-state index is 0.372. The maximum absolute atomic E-state index is 11.9. The second-order valence-electron chi connectivity index (χ2n) is 3.96. The number of carbonyl (C=O) groups is 2. The van der Waals surface area contributed by atoms with Crippen molar-refractivity contribution in [2.24, 2.45) is 0 Å². The molecule has 1 aromatic heterocycles. The Morgan fingerprint density at radius 2 is 2.06 bits per heavy atom. The van der Waals surface area contributed by atoms with E-state index in [0.717, 1.165) is 0 Å². The largest absolute Gasteiger partial charge is 0.467 e. The van der Waals surface area contributed by atoms with Crippen LogP contribution in [0.1, 0.15) is 24.2 Å². The summed E-state index contributed by atoms with van der Waals surface area (Å²) in [5, 5.41) is 2.58. The van der Waals surface area contributed by atoms with Crippen LogP contribution >= 0.6 is 15.9 Å². The van der Waals surface area contributed by atoms with Crippen LogP contribution in [-0.4, -0.2) is 29.5 Å². The number of nitrogens with one attached hydrogen (secondary N) is 1. The lowest BCUT2D eigenvalue weighted by Crippen LogP contribution is -2.50. The van der Waals surface area contributed by atoms with Crippen molar-refractivity contribution in [3.8, 4) is 0 Å². The fraction of sp³-hybridized carbons (Fsp3) is 0.364. The van der Waals surface area contributed by atoms with Gasteiger partial charge in [0.1, 0.15) is 5.54 Å². The number of carbonyl (C=O) groups excluding carboxylic acids is 2. The summed E-state index contributed by atoms with van der Waals surface area (Å²) in [6.45, 7) is 3.14. The van der Waals surface area contributed by atoms with Crippen molar-refractivity contribution in [1.29, 1.82) is 0 Å². The smallest absolute Gasteiger partial charge is 0.330 e. The number of hydrogen-bond donors (Lipinski definition) is 1. The third-order valence-corrected chi connectivity index (χ3v) is 2.52. The van der Waals surface area contributed by atoms with E-state index in [1.54, 1.807) is 26.1 Å². The van der Waals surface area contributed by atoms with Crippen molar-refractivity contribution in [2.45, 2.75) is 19.4 Å². The molecule has 0 aliphatic rings. The molecule has 1 rings (SSSR count). The quantitative estimate of drug-likeness (QED) is 0.860. The summed E-state index contributed by atoms with van der Waals surface area (Å²) in [7, 11) is 1.27. The van der Waals surface area contributed by atoms with Crippen molar-refractivity contribution in [3.63, 3.8) is 0 Å². The van der Waals surface area contributed by atoms with Gasteiger partial charge in [0.05, 0.1) is 12.7 Å². The van der Waals surface area contributed by atoms with Gasteiger partial charge in [-0.05, 0) is 35.8 Å². The van der Waals surface area contributed by atoms with Gasteiger partial charge in [0.2, 0.25) is 0 Å². The highest BCUT2D eigenvalue weighted by molar-refractivity contribution is 9.10. The molecule has 0 bridgehead atoms. The van der Waals surface area contributed by atoms with E-state index in [1.165, 1.54) is 13.3 Å². The molecule has 1 aromatic rings. The zero-order valence-electron chi connectivity index (χ0n) is 9.78. The molecule has 17 heavy (non-hydrogen) atoms. The zero-order valence-corrected chi connectivity index (χ0v) is 11.4. The van der Waals surface area contributed by atoms with Gasteiger partial charge < -0.3 is 10.1 Å². The molecule has 0 atom stereocenters. The normalized spacial score (nSPS) is 10.8. The van der Waals surface area contributed by atoms with Gasteiger partial charge in [0.15, 0.2) is 0 Å². The van der Waals surface area contributed by atoms with E-state index < -0.39 is 11.5 Å². The molecule has 5 nitrogen and oxygen atoms in total. The summed E-state index contributed by atoms with van der Waals surface area (Å²) in [6.07, 6.45) is 3.00. The number of nitrogens with zero attached hydrogens (tertiary/aromatic N) is 1. The average molecular weight is 301 g/mol. The van der Waals surface area contributed by atoms with Gasteiger partial charge in [0.25, 0.3) is 5.91 Å². The molecule has 0 aromatic carbocycles. The number of hydrogen-bond acceptors (Lipinski definition) is 4. The highest BCUT2D eigenvalue weighted by atomic mass is 79.9. The van der Waals surface area contributed by atoms with E-state index in [1.807, 2.05) is 0 Å². The van der Waals surface area contributed by atoms with Crippen LogP contribution in [0.25, 0.3) is 0 Å². The number of aromatic nitrogens is 1. The van der Waals surface area contributed by atoms with Gasteiger partial charge in [-0.1, -0.05) is 0 Å². The SMILES string of the molecule is COC(=O)C(C)(C)NC(=O)c1cncc(Br)c1. The van der Waals surface area contributed by atoms with Crippen LogP contribution in [-0.2, 0) is 9.53 Å². The molecule has 6 heteroatoms. The number of rotatable bonds is 3. The number of amides is 1. The Bertz CT molecular complexity index is 446. The van der Waals surface area contributed by atoms with E-state index in [2.05, 4.69) is 31.0 Å². The van der Waals surface area contributed by atoms with Crippen molar-refractivity contribution in [1.82, 2.24) is 10.3 Å². The number of esters is 1. The molecule has 0 aliphatic heterocycles. The van der Waals surface area contributed by atoms with E-state index in [9.17, 15) is 9.59 Å². The van der Waals surface area contributed by atoms with Crippen LogP contribution < -0.4 is 5.32 Å². The average Bonchev–Trinajstić information content (AvgIpc) is 2.27. The number of pyridine rings is 1. The molecule has 0 saturated heterocycles. The van der Waals surface area contributed by atoms with E-state index >= 15 is 0 Å². The van der Waals surface area contributed by atoms with Gasteiger partial charge in [-0.3, -0.25) is 9.78 Å². The van der Waals surface area contributed by atoms with Crippen LogP contribution in [0, 0.1) is 0 Å². The molecule has 0 unspecified atom stereocenters. The summed E-state index contributed by atoms with van der Waals surface area (Å²) < 4.78 is 5.29. The second-order valence-corrected chi connectivity index (χ2v) is 4.88. The van der Waals surface area contributed by atoms with Crippen LogP contribution in [0.4, 0.5) is 0 Å². The van der Waals surface area contributed by atoms with Crippen LogP contribution in [0.5, 0.6) is 0 Å². The van der Waals surface area contributed by atoms with Crippen LogP contribution in [0.3, 0.4) is 0 Å². The third-order valence-electron chi connectivity index (χ3n) is 2.09. The zero-order chi connectivity index (χ0) is 13.1. The third kappa shape index (κ3) is 3.52. The van der Waals surface area contributed by atoms with E-state index in [-0.39, 0.29) is 5.91 Å². The lowest BCUT2D eigenvalue weighted by molar-refractivity contribution is -0.146. The first-order valence-electron chi connectivity index (χ1n) is 4.88. The van der Waals surface area contributed by atoms with Gasteiger partial charge in [-0.25, -0.2) is 4.79 Å². The summed E-state index contributed by atoms with van der Waals surface area (Å²) in [4.78, 5) is 27.1. The van der Waals surface area contributed by atoms with Gasteiger partial charge >= 0.3 is 5.97 Å². The standard InChI is InChI=1S/C11H13BrN2O3/c1-11(2,10(16)17-3)14-9(15)7-4-8(12)6-13-5-7/h4-6H,1-3H3,(H,14,15). The summed E-state index contributed by atoms with van der Waals surface area (Å²) in [5.74, 6) is -0.886. The first-order valence-corrected chi connectivity index (χ1v) is 5.67. The number of ether oxygens (including phenoxy) is 1. The highest BCUT2D eigenvalue weighted by Gasteiger charge is 2.30. The monoisotopic (exact) mass is 300 g/mol. The predicted octanol–water partition coefficient (Wildman–Crippen LogP) is 1.53. The number of methoxy groups -OCH3 is 1. The Hall–Kier alpha value is -1.43. The summed E-state index contributed by atoms with van der Waals surface area (Å²) in [6, 6.07) is 1.62. The molecule has 0 aliphatic carbocycles. The molecule has 0 saturated carbocycles. The van der Waals surface area contributed by atoms with Gasteiger partial charge in [0, 0.05) is 16.9 Å². The van der Waals surface area contributed by atoms with Crippen molar-refractivity contribution < 1.29 is 14.3 Å².